The van der Waals surface area contributed by atoms with Crippen LogP contribution in [0.15, 0.2) is 48.5 Å². The van der Waals surface area contributed by atoms with E-state index < -0.39 is 34.4 Å². The summed E-state index contributed by atoms with van der Waals surface area (Å²) in [6, 6.07) is 12.6. The molecule has 0 bridgehead atoms. The fourth-order valence-electron chi connectivity index (χ4n) is 2.36. The maximum absolute atomic E-state index is 12.4. The van der Waals surface area contributed by atoms with Gasteiger partial charge in [-0.1, -0.05) is 41.9 Å². The van der Waals surface area contributed by atoms with Gasteiger partial charge in [-0.3, -0.25) is 0 Å². The van der Waals surface area contributed by atoms with Gasteiger partial charge >= 0.3 is 6.18 Å². The number of benzene rings is 2. The summed E-state index contributed by atoms with van der Waals surface area (Å²) < 4.78 is 71.4. The molecule has 0 aromatic heterocycles. The summed E-state index contributed by atoms with van der Waals surface area (Å²) in [7, 11) is -4.92. The van der Waals surface area contributed by atoms with Crippen LogP contribution in [0.1, 0.15) is 23.7 Å². The molecule has 0 saturated carbocycles. The molecule has 0 heterocycles. The summed E-state index contributed by atoms with van der Waals surface area (Å²) in [6.07, 6.45) is -6.69. The van der Waals surface area contributed by atoms with E-state index in [1.54, 1.807) is 30.3 Å². The molecule has 24 heavy (non-hydrogen) atoms. The smallest absolute Gasteiger partial charge is 0.389 e. The summed E-state index contributed by atoms with van der Waals surface area (Å²) in [6.45, 7) is 0. The summed E-state index contributed by atoms with van der Waals surface area (Å²) in [5, 5.41) is -1.29. The van der Waals surface area contributed by atoms with Crippen molar-refractivity contribution in [2.24, 2.45) is 0 Å². The molecule has 130 valence electrons. The van der Waals surface area contributed by atoms with Crippen LogP contribution in [0.3, 0.4) is 0 Å². The maximum atomic E-state index is 12.4. The van der Waals surface area contributed by atoms with E-state index in [0.717, 1.165) is 0 Å². The molecule has 3 nitrogen and oxygen atoms in total. The van der Waals surface area contributed by atoms with E-state index in [9.17, 15) is 26.1 Å². The SMILES string of the molecule is O=S(=O)([O-])C(CCC(F)(F)F)c1cccc(-c2cccc(Cl)c2)c1. The van der Waals surface area contributed by atoms with Crippen LogP contribution in [-0.4, -0.2) is 19.1 Å². The molecule has 0 N–H and O–H groups in total. The van der Waals surface area contributed by atoms with E-state index in [2.05, 4.69) is 0 Å². The second-order valence-corrected chi connectivity index (χ2v) is 7.26. The molecule has 2 rings (SSSR count). The van der Waals surface area contributed by atoms with Crippen LogP contribution >= 0.6 is 11.6 Å². The van der Waals surface area contributed by atoms with Crippen LogP contribution < -0.4 is 0 Å². The zero-order valence-electron chi connectivity index (χ0n) is 12.3. The number of halogens is 4. The average Bonchev–Trinajstić information content (AvgIpc) is 2.45. The van der Waals surface area contributed by atoms with E-state index in [1.165, 1.54) is 18.2 Å². The van der Waals surface area contributed by atoms with Gasteiger partial charge in [0.2, 0.25) is 0 Å². The molecule has 0 aliphatic heterocycles. The Morgan fingerprint density at radius 1 is 1.04 bits per heavy atom. The average molecular weight is 378 g/mol. The van der Waals surface area contributed by atoms with E-state index in [-0.39, 0.29) is 5.56 Å². The molecular weight excluding hydrogens is 365 g/mol. The number of hydrogen-bond acceptors (Lipinski definition) is 3. The quantitative estimate of drug-likeness (QED) is 0.694. The molecule has 1 atom stereocenters. The lowest BCUT2D eigenvalue weighted by Gasteiger charge is -2.22. The third-order valence-electron chi connectivity index (χ3n) is 3.45. The lowest BCUT2D eigenvalue weighted by molar-refractivity contribution is -0.135. The minimum Gasteiger partial charge on any atom is -0.747 e. The molecule has 2 aromatic carbocycles. The normalized spacial score (nSPS) is 13.7. The topological polar surface area (TPSA) is 57.2 Å². The van der Waals surface area contributed by atoms with E-state index in [1.807, 2.05) is 0 Å². The fraction of sp³-hybridized carbons (Fsp3) is 0.250. The lowest BCUT2D eigenvalue weighted by atomic mass is 10.00. The van der Waals surface area contributed by atoms with Crippen molar-refractivity contribution in [2.75, 3.05) is 0 Å². The molecule has 0 spiro atoms. The molecule has 0 amide bonds. The third-order valence-corrected chi connectivity index (χ3v) is 4.89. The Kier molecular flexibility index (Phi) is 5.57. The van der Waals surface area contributed by atoms with Gasteiger partial charge < -0.3 is 4.55 Å². The van der Waals surface area contributed by atoms with Crippen LogP contribution in [0.2, 0.25) is 5.02 Å². The van der Waals surface area contributed by atoms with Gasteiger partial charge in [0.05, 0.1) is 5.25 Å². The van der Waals surface area contributed by atoms with Crippen molar-refractivity contribution < 1.29 is 26.1 Å². The minimum atomic E-state index is -4.92. The monoisotopic (exact) mass is 377 g/mol. The molecule has 0 aliphatic rings. The van der Waals surface area contributed by atoms with Gasteiger partial charge in [-0.15, -0.1) is 0 Å². The molecule has 2 aromatic rings. The van der Waals surface area contributed by atoms with Crippen molar-refractivity contribution in [3.8, 4) is 11.1 Å². The van der Waals surface area contributed by atoms with Gasteiger partial charge in [-0.05, 0) is 41.3 Å². The Bertz CT molecular complexity index is 819. The van der Waals surface area contributed by atoms with Crippen LogP contribution in [0.4, 0.5) is 13.2 Å². The maximum Gasteiger partial charge on any atom is 0.389 e. The number of rotatable bonds is 5. The predicted octanol–water partition coefficient (Wildman–Crippen LogP) is 4.94. The first kappa shape index (κ1) is 18.8. The summed E-state index contributed by atoms with van der Waals surface area (Å²) in [4.78, 5) is 0. The molecule has 1 unspecified atom stereocenters. The Balaban J connectivity index is 2.39. The first-order valence-corrected chi connectivity index (χ1v) is 8.78. The number of hydrogen-bond donors (Lipinski definition) is 0. The third kappa shape index (κ3) is 5.22. The van der Waals surface area contributed by atoms with Crippen molar-refractivity contribution >= 4 is 21.7 Å². The van der Waals surface area contributed by atoms with Crippen LogP contribution in [0.5, 0.6) is 0 Å². The highest BCUT2D eigenvalue weighted by atomic mass is 35.5. The largest absolute Gasteiger partial charge is 0.747 e. The van der Waals surface area contributed by atoms with Crippen molar-refractivity contribution in [1.29, 1.82) is 0 Å². The van der Waals surface area contributed by atoms with Crippen molar-refractivity contribution in [3.05, 3.63) is 59.1 Å². The summed E-state index contributed by atoms with van der Waals surface area (Å²) in [5.41, 5.74) is 1.27. The fourth-order valence-corrected chi connectivity index (χ4v) is 3.44. The minimum absolute atomic E-state index is 0.0340. The van der Waals surface area contributed by atoms with Crippen LogP contribution in [-0.2, 0) is 10.1 Å². The van der Waals surface area contributed by atoms with E-state index in [4.69, 9.17) is 11.6 Å². The van der Waals surface area contributed by atoms with Crippen molar-refractivity contribution in [3.63, 3.8) is 0 Å². The molecule has 0 fully saturated rings. The molecule has 8 heteroatoms. The van der Waals surface area contributed by atoms with Gasteiger partial charge in [0.15, 0.2) is 0 Å². The van der Waals surface area contributed by atoms with Gasteiger partial charge in [0.1, 0.15) is 10.1 Å². The lowest BCUT2D eigenvalue weighted by Crippen LogP contribution is -2.17. The number of alkyl halides is 3. The standard InChI is InChI=1S/C16H14ClF3O3S/c17-14-6-2-4-12(10-14)11-3-1-5-13(9-11)15(24(21,22)23)7-8-16(18,19)20/h1-6,9-10,15H,7-8H2,(H,21,22,23)/p-1. The molecular formula is C16H13ClF3O3S-. The first-order valence-electron chi connectivity index (χ1n) is 6.93. The van der Waals surface area contributed by atoms with E-state index >= 15 is 0 Å². The Labute approximate surface area is 142 Å². The molecule has 0 saturated heterocycles. The van der Waals surface area contributed by atoms with E-state index in [0.29, 0.717) is 16.1 Å². The highest BCUT2D eigenvalue weighted by Gasteiger charge is 2.31. The van der Waals surface area contributed by atoms with Gasteiger partial charge in [-0.25, -0.2) is 8.42 Å². The Hall–Kier alpha value is -1.57. The molecule has 0 aliphatic carbocycles. The second kappa shape index (κ2) is 7.13. The van der Waals surface area contributed by atoms with Gasteiger partial charge in [-0.2, -0.15) is 13.2 Å². The van der Waals surface area contributed by atoms with Gasteiger partial charge in [0.25, 0.3) is 0 Å². The van der Waals surface area contributed by atoms with Crippen LogP contribution in [0.25, 0.3) is 11.1 Å². The molecule has 0 radical (unpaired) electrons. The Morgan fingerprint density at radius 3 is 2.17 bits per heavy atom. The highest BCUT2D eigenvalue weighted by Crippen LogP contribution is 2.34. The van der Waals surface area contributed by atoms with Crippen LogP contribution in [0, 0.1) is 0 Å². The zero-order chi connectivity index (χ0) is 18.0. The second-order valence-electron chi connectivity index (χ2n) is 5.27. The Morgan fingerprint density at radius 2 is 1.62 bits per heavy atom. The summed E-state index contributed by atoms with van der Waals surface area (Å²) >= 11 is 5.90. The van der Waals surface area contributed by atoms with Crippen molar-refractivity contribution in [2.45, 2.75) is 24.3 Å². The predicted molar refractivity (Wildman–Crippen MR) is 84.6 cm³/mol. The van der Waals surface area contributed by atoms with Crippen molar-refractivity contribution in [1.82, 2.24) is 0 Å². The summed E-state index contributed by atoms with van der Waals surface area (Å²) in [5.74, 6) is 0. The zero-order valence-corrected chi connectivity index (χ0v) is 13.8. The highest BCUT2D eigenvalue weighted by molar-refractivity contribution is 7.86. The van der Waals surface area contributed by atoms with Gasteiger partial charge in [0, 0.05) is 11.4 Å². The first-order chi connectivity index (χ1) is 11.1.